The number of benzene rings is 1. The molecule has 2 aromatic rings. The minimum Gasteiger partial charge on any atom is -0.383 e. The Bertz CT molecular complexity index is 536. The van der Waals surface area contributed by atoms with Crippen molar-refractivity contribution in [3.8, 4) is 0 Å². The highest BCUT2D eigenvalue weighted by Crippen LogP contribution is 2.32. The zero-order chi connectivity index (χ0) is 13.2. The number of aromatic nitrogens is 1. The van der Waals surface area contributed by atoms with Gasteiger partial charge in [-0.1, -0.05) is 18.2 Å². The summed E-state index contributed by atoms with van der Waals surface area (Å²) in [5.41, 5.74) is 4.99. The number of nitrogen functional groups attached to an aromatic ring is 1. The van der Waals surface area contributed by atoms with Crippen LogP contribution in [0.1, 0.15) is 11.1 Å². The maximum Gasteiger partial charge on any atom is 0.416 e. The number of alkyl halides is 3. The Morgan fingerprint density at radius 1 is 1.28 bits per heavy atom. The first-order valence-corrected chi connectivity index (χ1v) is 5.85. The van der Waals surface area contributed by atoms with Crippen molar-refractivity contribution in [1.82, 2.24) is 4.37 Å². The molecule has 1 aromatic carbocycles. The van der Waals surface area contributed by atoms with Crippen molar-refractivity contribution in [3.63, 3.8) is 0 Å². The van der Waals surface area contributed by atoms with Crippen molar-refractivity contribution in [1.29, 1.82) is 0 Å². The highest BCUT2D eigenvalue weighted by molar-refractivity contribution is 7.10. The second kappa shape index (κ2) is 4.85. The molecule has 0 atom stereocenters. The van der Waals surface area contributed by atoms with Gasteiger partial charge in [0.15, 0.2) is 0 Å². The summed E-state index contributed by atoms with van der Waals surface area (Å²) >= 11 is 1.11. The largest absolute Gasteiger partial charge is 0.416 e. The van der Waals surface area contributed by atoms with Gasteiger partial charge >= 0.3 is 6.18 Å². The normalized spacial score (nSPS) is 11.5. The second-order valence-electron chi connectivity index (χ2n) is 3.62. The van der Waals surface area contributed by atoms with Gasteiger partial charge in [0.25, 0.3) is 0 Å². The summed E-state index contributed by atoms with van der Waals surface area (Å²) in [5.74, 6) is 0.353. The van der Waals surface area contributed by atoms with Crippen LogP contribution in [-0.4, -0.2) is 4.37 Å². The van der Waals surface area contributed by atoms with Crippen LogP contribution in [0.3, 0.4) is 0 Å². The van der Waals surface area contributed by atoms with E-state index in [9.17, 15) is 13.2 Å². The Kier molecular flexibility index (Phi) is 3.42. The van der Waals surface area contributed by atoms with Gasteiger partial charge in [0, 0.05) is 12.6 Å². The van der Waals surface area contributed by atoms with Crippen molar-refractivity contribution >= 4 is 22.4 Å². The van der Waals surface area contributed by atoms with Gasteiger partial charge in [-0.2, -0.15) is 17.5 Å². The quantitative estimate of drug-likeness (QED) is 0.901. The molecule has 18 heavy (non-hydrogen) atoms. The molecule has 3 N–H and O–H groups in total. The number of rotatable bonds is 3. The van der Waals surface area contributed by atoms with Crippen LogP contribution in [0.15, 0.2) is 30.3 Å². The van der Waals surface area contributed by atoms with E-state index in [0.717, 1.165) is 17.6 Å². The van der Waals surface area contributed by atoms with E-state index in [0.29, 0.717) is 10.8 Å². The van der Waals surface area contributed by atoms with Crippen LogP contribution < -0.4 is 11.1 Å². The maximum atomic E-state index is 12.7. The molecule has 3 nitrogen and oxygen atoms in total. The van der Waals surface area contributed by atoms with Gasteiger partial charge in [-0.05, 0) is 23.2 Å². The van der Waals surface area contributed by atoms with Gasteiger partial charge in [-0.3, -0.25) is 0 Å². The predicted octanol–water partition coefficient (Wildman–Crippen LogP) is 3.36. The smallest absolute Gasteiger partial charge is 0.383 e. The fourth-order valence-electron chi connectivity index (χ4n) is 1.51. The standard InChI is InChI=1S/C11H10F3N3S/c12-11(13,14)8-4-2-1-3-7(8)6-16-10-5-9(15)17-18-10/h1-5,16H,6H2,(H2,15,17). The Hall–Kier alpha value is -1.76. The Balaban J connectivity index is 2.14. The lowest BCUT2D eigenvalue weighted by Gasteiger charge is -2.12. The van der Waals surface area contributed by atoms with Gasteiger partial charge in [0.1, 0.15) is 10.8 Å². The molecule has 7 heteroatoms. The molecule has 96 valence electrons. The van der Waals surface area contributed by atoms with Gasteiger partial charge in [0.2, 0.25) is 0 Å². The first-order valence-electron chi connectivity index (χ1n) is 5.08. The summed E-state index contributed by atoms with van der Waals surface area (Å²) in [7, 11) is 0. The zero-order valence-corrected chi connectivity index (χ0v) is 9.98. The van der Waals surface area contributed by atoms with E-state index in [1.54, 1.807) is 12.1 Å². The molecule has 2 rings (SSSR count). The van der Waals surface area contributed by atoms with E-state index in [1.807, 2.05) is 0 Å². The molecule has 0 fully saturated rings. The second-order valence-corrected chi connectivity index (χ2v) is 4.43. The molecule has 0 saturated carbocycles. The minimum atomic E-state index is -4.34. The average Bonchev–Trinajstić information content (AvgIpc) is 2.72. The number of nitrogens with zero attached hydrogens (tertiary/aromatic N) is 1. The van der Waals surface area contributed by atoms with Crippen LogP contribution in [-0.2, 0) is 12.7 Å². The fourth-order valence-corrected chi connectivity index (χ4v) is 2.07. The van der Waals surface area contributed by atoms with Gasteiger partial charge in [-0.25, -0.2) is 0 Å². The molecule has 0 aliphatic heterocycles. The van der Waals surface area contributed by atoms with Crippen molar-refractivity contribution in [2.75, 3.05) is 11.1 Å². The third-order valence-electron chi connectivity index (χ3n) is 2.30. The van der Waals surface area contributed by atoms with E-state index in [1.165, 1.54) is 12.1 Å². The van der Waals surface area contributed by atoms with E-state index in [2.05, 4.69) is 9.69 Å². The van der Waals surface area contributed by atoms with Crippen LogP contribution >= 0.6 is 11.5 Å². The summed E-state index contributed by atoms with van der Waals surface area (Å²) in [6, 6.07) is 7.05. The number of hydrogen-bond donors (Lipinski definition) is 2. The molecule has 0 radical (unpaired) electrons. The summed E-state index contributed by atoms with van der Waals surface area (Å²) in [4.78, 5) is 0. The number of nitrogens with one attached hydrogen (secondary N) is 1. The SMILES string of the molecule is Nc1cc(NCc2ccccc2C(F)(F)F)sn1. The van der Waals surface area contributed by atoms with E-state index < -0.39 is 11.7 Å². The van der Waals surface area contributed by atoms with Gasteiger partial charge in [-0.15, -0.1) is 0 Å². The third kappa shape index (κ3) is 2.92. The van der Waals surface area contributed by atoms with E-state index >= 15 is 0 Å². The van der Waals surface area contributed by atoms with E-state index in [4.69, 9.17) is 5.73 Å². The molecule has 1 aromatic heterocycles. The number of hydrogen-bond acceptors (Lipinski definition) is 4. The average molecular weight is 273 g/mol. The van der Waals surface area contributed by atoms with Crippen LogP contribution in [0.25, 0.3) is 0 Å². The topological polar surface area (TPSA) is 50.9 Å². The Morgan fingerprint density at radius 2 is 2.00 bits per heavy atom. The lowest BCUT2D eigenvalue weighted by molar-refractivity contribution is -0.138. The molecule has 0 unspecified atom stereocenters. The molecule has 0 saturated heterocycles. The minimum absolute atomic E-state index is 0.0807. The summed E-state index contributed by atoms with van der Waals surface area (Å²) in [6.45, 7) is 0.0807. The summed E-state index contributed by atoms with van der Waals surface area (Å²) in [5, 5.41) is 3.51. The van der Waals surface area contributed by atoms with Crippen molar-refractivity contribution in [3.05, 3.63) is 41.5 Å². The number of anilines is 2. The van der Waals surface area contributed by atoms with Gasteiger partial charge in [0.05, 0.1) is 5.56 Å². The number of halogens is 3. The lowest BCUT2D eigenvalue weighted by atomic mass is 10.1. The van der Waals surface area contributed by atoms with Crippen LogP contribution in [0.5, 0.6) is 0 Å². The Labute approximate surface area is 106 Å². The molecule has 0 bridgehead atoms. The van der Waals surface area contributed by atoms with Crippen molar-refractivity contribution in [2.24, 2.45) is 0 Å². The summed E-state index contributed by atoms with van der Waals surface area (Å²) < 4.78 is 42.0. The molecule has 0 aliphatic carbocycles. The first-order chi connectivity index (χ1) is 8.47. The molecule has 0 aliphatic rings. The van der Waals surface area contributed by atoms with Crippen molar-refractivity contribution < 1.29 is 13.2 Å². The molecular formula is C11H10F3N3S. The highest BCUT2D eigenvalue weighted by Gasteiger charge is 2.32. The highest BCUT2D eigenvalue weighted by atomic mass is 32.1. The lowest BCUT2D eigenvalue weighted by Crippen LogP contribution is -2.11. The molecule has 0 spiro atoms. The number of nitrogens with two attached hydrogens (primary N) is 1. The monoisotopic (exact) mass is 273 g/mol. The Morgan fingerprint density at radius 3 is 2.61 bits per heavy atom. The molecule has 1 heterocycles. The van der Waals surface area contributed by atoms with Gasteiger partial charge < -0.3 is 11.1 Å². The predicted molar refractivity (Wildman–Crippen MR) is 65.3 cm³/mol. The fraction of sp³-hybridized carbons (Fsp3) is 0.182. The van der Waals surface area contributed by atoms with E-state index in [-0.39, 0.29) is 12.1 Å². The zero-order valence-electron chi connectivity index (χ0n) is 9.16. The van der Waals surface area contributed by atoms with Crippen LogP contribution in [0.2, 0.25) is 0 Å². The maximum absolute atomic E-state index is 12.7. The summed E-state index contributed by atoms with van der Waals surface area (Å²) in [6.07, 6.45) is -4.34. The first kappa shape index (κ1) is 12.7. The third-order valence-corrected chi connectivity index (χ3v) is 3.07. The molecule has 0 amide bonds. The van der Waals surface area contributed by atoms with Crippen LogP contribution in [0.4, 0.5) is 24.0 Å². The van der Waals surface area contributed by atoms with Crippen molar-refractivity contribution in [2.45, 2.75) is 12.7 Å². The van der Waals surface area contributed by atoms with Crippen LogP contribution in [0, 0.1) is 0 Å². The molecular weight excluding hydrogens is 263 g/mol.